The van der Waals surface area contributed by atoms with Gasteiger partial charge in [0.05, 0.1) is 27.4 Å². The maximum Gasteiger partial charge on any atom is 0.270 e. The Bertz CT molecular complexity index is 1220. The van der Waals surface area contributed by atoms with Gasteiger partial charge in [0.15, 0.2) is 0 Å². The summed E-state index contributed by atoms with van der Waals surface area (Å²) in [5.74, 6) is -0.450. The van der Waals surface area contributed by atoms with Crippen molar-refractivity contribution in [1.82, 2.24) is 20.5 Å². The first kappa shape index (κ1) is 25.5. The van der Waals surface area contributed by atoms with E-state index in [-0.39, 0.29) is 28.8 Å². The molecule has 13 heteroatoms. The van der Waals surface area contributed by atoms with E-state index in [1.165, 1.54) is 24.3 Å². The molecule has 0 radical (unpaired) electrons. The van der Waals surface area contributed by atoms with Crippen LogP contribution in [0.1, 0.15) is 36.1 Å². The molecule has 2 amide bonds. The van der Waals surface area contributed by atoms with Crippen LogP contribution in [0.15, 0.2) is 47.6 Å². The number of halogens is 2. The van der Waals surface area contributed by atoms with Gasteiger partial charge < -0.3 is 10.6 Å². The summed E-state index contributed by atoms with van der Waals surface area (Å²) in [6, 6.07) is 9.68. The van der Waals surface area contributed by atoms with E-state index in [1.54, 1.807) is 18.2 Å². The number of hydrogen-bond acceptors (Lipinski definition) is 7. The minimum atomic E-state index is -0.562. The molecule has 0 saturated carbocycles. The molecule has 0 fully saturated rings. The van der Waals surface area contributed by atoms with Crippen molar-refractivity contribution in [2.45, 2.75) is 25.0 Å². The lowest BCUT2D eigenvalue weighted by Gasteiger charge is -2.19. The number of thioether (sulfide) groups is 1. The van der Waals surface area contributed by atoms with Crippen LogP contribution in [-0.4, -0.2) is 37.7 Å². The molecule has 0 aliphatic rings. The summed E-state index contributed by atoms with van der Waals surface area (Å²) in [6.07, 6.45) is 0. The van der Waals surface area contributed by atoms with E-state index in [2.05, 4.69) is 25.8 Å². The summed E-state index contributed by atoms with van der Waals surface area (Å²) in [7, 11) is 0. The molecule has 0 saturated heterocycles. The fraction of sp³-hybridized carbons (Fsp3) is 0.238. The highest BCUT2D eigenvalue weighted by Crippen LogP contribution is 2.26. The molecule has 178 valence electrons. The fourth-order valence-corrected chi connectivity index (χ4v) is 3.85. The van der Waals surface area contributed by atoms with Crippen molar-refractivity contribution in [3.05, 3.63) is 74.0 Å². The van der Waals surface area contributed by atoms with Crippen LogP contribution in [0.25, 0.3) is 0 Å². The topological polar surface area (TPSA) is 143 Å². The third kappa shape index (κ3) is 6.69. The first-order valence-corrected chi connectivity index (χ1v) is 11.7. The maximum absolute atomic E-state index is 12.7. The standard InChI is InChI=1S/C21H20Cl2N6O4S/c1-11(2)18(25-20(31)12-4-3-5-14(8-12)29(32)33)19-26-21(28-27-19)34-10-17(30)24-16-9-13(22)6-7-15(16)23/h3-9,11,18H,10H2,1-2H3,(H,24,30)(H,25,31)(H,26,27,28)/t18-/m1/s1. The lowest BCUT2D eigenvalue weighted by Crippen LogP contribution is -2.32. The van der Waals surface area contributed by atoms with Gasteiger partial charge in [-0.2, -0.15) is 0 Å². The highest BCUT2D eigenvalue weighted by Gasteiger charge is 2.24. The number of anilines is 1. The lowest BCUT2D eigenvalue weighted by molar-refractivity contribution is -0.384. The van der Waals surface area contributed by atoms with E-state index in [0.717, 1.165) is 11.8 Å². The molecular weight excluding hydrogens is 503 g/mol. The molecule has 1 heterocycles. The second kappa shape index (κ2) is 11.3. The highest BCUT2D eigenvalue weighted by atomic mass is 35.5. The third-order valence-corrected chi connectivity index (χ3v) is 6.00. The SMILES string of the molecule is CC(C)[C@@H](NC(=O)c1cccc([N+](=O)[O-])c1)c1nc(SCC(=O)Nc2cc(Cl)ccc2Cl)n[nH]1. The Morgan fingerprint density at radius 1 is 1.21 bits per heavy atom. The van der Waals surface area contributed by atoms with E-state index in [0.29, 0.717) is 26.7 Å². The second-order valence-electron chi connectivity index (χ2n) is 7.47. The minimum Gasteiger partial charge on any atom is -0.342 e. The number of rotatable bonds is 9. The van der Waals surface area contributed by atoms with Crippen LogP contribution in [0.5, 0.6) is 0 Å². The number of hydrogen-bond donors (Lipinski definition) is 3. The van der Waals surface area contributed by atoms with Crippen molar-refractivity contribution >= 4 is 58.2 Å². The number of carbonyl (C=O) groups excluding carboxylic acids is 2. The van der Waals surface area contributed by atoms with E-state index >= 15 is 0 Å². The smallest absolute Gasteiger partial charge is 0.270 e. The zero-order valence-electron chi connectivity index (χ0n) is 18.0. The monoisotopic (exact) mass is 522 g/mol. The molecule has 1 aromatic heterocycles. The summed E-state index contributed by atoms with van der Waals surface area (Å²) in [5, 5.41) is 24.5. The lowest BCUT2D eigenvalue weighted by atomic mass is 10.0. The van der Waals surface area contributed by atoms with Crippen LogP contribution in [0.3, 0.4) is 0 Å². The Hall–Kier alpha value is -3.15. The van der Waals surface area contributed by atoms with Gasteiger partial charge in [0, 0.05) is 22.7 Å². The van der Waals surface area contributed by atoms with Gasteiger partial charge in [0.25, 0.3) is 11.6 Å². The van der Waals surface area contributed by atoms with Crippen LogP contribution >= 0.6 is 35.0 Å². The molecule has 0 bridgehead atoms. The average molecular weight is 523 g/mol. The first-order valence-electron chi connectivity index (χ1n) is 9.99. The summed E-state index contributed by atoms with van der Waals surface area (Å²) in [5.41, 5.74) is 0.383. The van der Waals surface area contributed by atoms with Crippen LogP contribution in [0, 0.1) is 16.0 Å². The largest absolute Gasteiger partial charge is 0.342 e. The number of nitrogens with zero attached hydrogens (tertiary/aromatic N) is 3. The summed E-state index contributed by atoms with van der Waals surface area (Å²) >= 11 is 13.1. The third-order valence-electron chi connectivity index (χ3n) is 4.58. The number of amides is 2. The predicted octanol–water partition coefficient (Wildman–Crippen LogP) is 4.88. The van der Waals surface area contributed by atoms with Gasteiger partial charge in [-0.05, 0) is 30.2 Å². The fourth-order valence-electron chi connectivity index (χ4n) is 2.91. The highest BCUT2D eigenvalue weighted by molar-refractivity contribution is 7.99. The van der Waals surface area contributed by atoms with Gasteiger partial charge in [0.1, 0.15) is 5.82 Å². The van der Waals surface area contributed by atoms with E-state index in [1.807, 2.05) is 13.8 Å². The molecule has 3 aromatic rings. The van der Waals surface area contributed by atoms with Crippen molar-refractivity contribution in [3.8, 4) is 0 Å². The molecule has 0 spiro atoms. The van der Waals surface area contributed by atoms with E-state index in [9.17, 15) is 19.7 Å². The normalized spacial score (nSPS) is 11.8. The molecule has 0 unspecified atom stereocenters. The average Bonchev–Trinajstić information content (AvgIpc) is 3.26. The molecule has 0 aliphatic heterocycles. The molecule has 1 atom stereocenters. The molecule has 3 rings (SSSR count). The summed E-state index contributed by atoms with van der Waals surface area (Å²) in [6.45, 7) is 3.77. The first-order chi connectivity index (χ1) is 16.1. The van der Waals surface area contributed by atoms with Crippen molar-refractivity contribution in [3.63, 3.8) is 0 Å². The zero-order chi connectivity index (χ0) is 24.8. The van der Waals surface area contributed by atoms with Crippen molar-refractivity contribution < 1.29 is 14.5 Å². The van der Waals surface area contributed by atoms with Crippen molar-refractivity contribution in [2.75, 3.05) is 11.1 Å². The van der Waals surface area contributed by atoms with Gasteiger partial charge in [-0.1, -0.05) is 54.9 Å². The van der Waals surface area contributed by atoms with Gasteiger partial charge in [-0.25, -0.2) is 4.98 Å². The maximum atomic E-state index is 12.7. The number of carbonyl (C=O) groups is 2. The van der Waals surface area contributed by atoms with Crippen molar-refractivity contribution in [1.29, 1.82) is 0 Å². The number of nitrogens with one attached hydrogen (secondary N) is 3. The van der Waals surface area contributed by atoms with Gasteiger partial charge in [0.2, 0.25) is 11.1 Å². The second-order valence-corrected chi connectivity index (χ2v) is 9.25. The molecule has 10 nitrogen and oxygen atoms in total. The minimum absolute atomic E-state index is 0.0204. The van der Waals surface area contributed by atoms with Crippen LogP contribution in [0.2, 0.25) is 10.0 Å². The van der Waals surface area contributed by atoms with Crippen LogP contribution < -0.4 is 10.6 Å². The number of nitro benzene ring substituents is 1. The molecule has 34 heavy (non-hydrogen) atoms. The molecule has 0 aliphatic carbocycles. The summed E-state index contributed by atoms with van der Waals surface area (Å²) in [4.78, 5) is 39.8. The number of non-ortho nitro benzene ring substituents is 1. The predicted molar refractivity (Wildman–Crippen MR) is 130 cm³/mol. The van der Waals surface area contributed by atoms with Gasteiger partial charge in [-0.15, -0.1) is 5.10 Å². The molecule has 3 N–H and O–H groups in total. The Kier molecular flexibility index (Phi) is 8.48. The molecular formula is C21H20Cl2N6O4S. The number of aromatic nitrogens is 3. The van der Waals surface area contributed by atoms with Crippen LogP contribution in [0.4, 0.5) is 11.4 Å². The quantitative estimate of drug-likeness (QED) is 0.206. The van der Waals surface area contributed by atoms with Crippen LogP contribution in [-0.2, 0) is 4.79 Å². The van der Waals surface area contributed by atoms with E-state index in [4.69, 9.17) is 23.2 Å². The Morgan fingerprint density at radius 3 is 2.68 bits per heavy atom. The Morgan fingerprint density at radius 2 is 1.97 bits per heavy atom. The van der Waals surface area contributed by atoms with E-state index < -0.39 is 16.9 Å². The number of H-pyrrole nitrogens is 1. The molecule has 2 aromatic carbocycles. The Balaban J connectivity index is 1.63. The van der Waals surface area contributed by atoms with Gasteiger partial charge >= 0.3 is 0 Å². The number of aromatic amines is 1. The number of benzene rings is 2. The zero-order valence-corrected chi connectivity index (χ0v) is 20.4. The number of nitro groups is 1. The van der Waals surface area contributed by atoms with Gasteiger partial charge in [-0.3, -0.25) is 24.8 Å². The van der Waals surface area contributed by atoms with Crippen molar-refractivity contribution in [2.24, 2.45) is 5.92 Å². The Labute approximate surface area is 209 Å². The summed E-state index contributed by atoms with van der Waals surface area (Å²) < 4.78 is 0.